The first-order valence-corrected chi connectivity index (χ1v) is 9.55. The van der Waals surface area contributed by atoms with Gasteiger partial charge in [0.1, 0.15) is 0 Å². The summed E-state index contributed by atoms with van der Waals surface area (Å²) in [5.41, 5.74) is 3.74. The fraction of sp³-hybridized carbons (Fsp3) is 0.500. The van der Waals surface area contributed by atoms with E-state index >= 15 is 0 Å². The molecule has 1 N–H and O–H groups in total. The highest BCUT2D eigenvalue weighted by atomic mass is 32.2. The monoisotopic (exact) mass is 343 g/mol. The van der Waals surface area contributed by atoms with Gasteiger partial charge in [0.15, 0.2) is 0 Å². The van der Waals surface area contributed by atoms with Crippen LogP contribution >= 0.6 is 11.8 Å². The van der Waals surface area contributed by atoms with Gasteiger partial charge in [-0.05, 0) is 58.7 Å². The highest BCUT2D eigenvalue weighted by Gasteiger charge is 2.26. The van der Waals surface area contributed by atoms with E-state index in [0.717, 1.165) is 17.3 Å². The van der Waals surface area contributed by atoms with Gasteiger partial charge in [-0.25, -0.2) is 0 Å². The summed E-state index contributed by atoms with van der Waals surface area (Å²) in [7, 11) is 0. The summed E-state index contributed by atoms with van der Waals surface area (Å²) >= 11 is 0.985. The van der Waals surface area contributed by atoms with Gasteiger partial charge in [-0.1, -0.05) is 58.2 Å². The van der Waals surface area contributed by atoms with Crippen molar-refractivity contribution in [3.8, 4) is 0 Å². The van der Waals surface area contributed by atoms with E-state index < -0.39 is 0 Å². The number of rotatable bonds is 2. The van der Waals surface area contributed by atoms with Crippen molar-refractivity contribution >= 4 is 29.0 Å². The van der Waals surface area contributed by atoms with Crippen LogP contribution in [0.3, 0.4) is 0 Å². The lowest BCUT2D eigenvalue weighted by atomic mass is 9.79. The minimum atomic E-state index is -0.287. The van der Waals surface area contributed by atoms with Gasteiger partial charge in [0, 0.05) is 0 Å². The summed E-state index contributed by atoms with van der Waals surface area (Å²) in [5, 5.41) is 2.04. The topological polar surface area (TPSA) is 46.2 Å². The minimum Gasteiger partial charge on any atom is -0.282 e. The third-order valence-electron chi connectivity index (χ3n) is 4.86. The Morgan fingerprint density at radius 1 is 1.08 bits per heavy atom. The average Bonchev–Trinajstić information content (AvgIpc) is 2.84. The zero-order valence-corrected chi connectivity index (χ0v) is 15.5. The van der Waals surface area contributed by atoms with Crippen molar-refractivity contribution < 1.29 is 9.59 Å². The number of hydrogen-bond acceptors (Lipinski definition) is 3. The van der Waals surface area contributed by atoms with Crippen LogP contribution in [0.2, 0.25) is 0 Å². The van der Waals surface area contributed by atoms with Crippen molar-refractivity contribution in [2.75, 3.05) is 0 Å². The first kappa shape index (κ1) is 17.3. The fourth-order valence-electron chi connectivity index (χ4n) is 3.44. The van der Waals surface area contributed by atoms with Crippen molar-refractivity contribution in [2.45, 2.75) is 64.2 Å². The molecule has 24 heavy (non-hydrogen) atoms. The number of carbonyl (C=O) groups is 2. The summed E-state index contributed by atoms with van der Waals surface area (Å²) in [6.45, 7) is 6.64. The minimum absolute atomic E-state index is 0.0544. The van der Waals surface area contributed by atoms with Crippen LogP contribution in [-0.4, -0.2) is 11.1 Å². The summed E-state index contributed by atoms with van der Waals surface area (Å²) in [6, 6.07) is 6.69. The molecule has 1 saturated carbocycles. The third-order valence-corrected chi connectivity index (χ3v) is 5.67. The Bertz CT molecular complexity index is 694. The van der Waals surface area contributed by atoms with Crippen molar-refractivity contribution in [1.82, 2.24) is 5.32 Å². The van der Waals surface area contributed by atoms with E-state index in [1.165, 1.54) is 43.2 Å². The van der Waals surface area contributed by atoms with Crippen LogP contribution in [0, 0.1) is 0 Å². The van der Waals surface area contributed by atoms with Crippen molar-refractivity contribution in [2.24, 2.45) is 0 Å². The number of imide groups is 1. The number of thioether (sulfide) groups is 1. The molecular formula is C20H25NO2S. The Morgan fingerprint density at radius 3 is 2.38 bits per heavy atom. The maximum absolute atomic E-state index is 11.8. The quantitative estimate of drug-likeness (QED) is 0.736. The molecule has 0 radical (unpaired) electrons. The van der Waals surface area contributed by atoms with E-state index in [-0.39, 0.29) is 16.6 Å². The number of benzene rings is 1. The Morgan fingerprint density at radius 2 is 1.79 bits per heavy atom. The van der Waals surface area contributed by atoms with Crippen LogP contribution in [0.25, 0.3) is 6.08 Å². The van der Waals surface area contributed by atoms with E-state index in [0.29, 0.717) is 10.8 Å². The van der Waals surface area contributed by atoms with E-state index in [1.807, 2.05) is 6.08 Å². The predicted octanol–water partition coefficient (Wildman–Crippen LogP) is 5.36. The van der Waals surface area contributed by atoms with Crippen molar-refractivity contribution in [3.63, 3.8) is 0 Å². The number of carbonyl (C=O) groups excluding carboxylic acids is 2. The highest BCUT2D eigenvalue weighted by Crippen LogP contribution is 2.36. The predicted molar refractivity (Wildman–Crippen MR) is 100 cm³/mol. The maximum Gasteiger partial charge on any atom is 0.290 e. The van der Waals surface area contributed by atoms with Gasteiger partial charge < -0.3 is 0 Å². The molecule has 2 fully saturated rings. The van der Waals surface area contributed by atoms with E-state index in [4.69, 9.17) is 0 Å². The highest BCUT2D eigenvalue weighted by molar-refractivity contribution is 8.18. The summed E-state index contributed by atoms with van der Waals surface area (Å²) < 4.78 is 0. The fourth-order valence-corrected chi connectivity index (χ4v) is 4.12. The second kappa shape index (κ2) is 6.75. The van der Waals surface area contributed by atoms with Gasteiger partial charge in [0.05, 0.1) is 4.91 Å². The van der Waals surface area contributed by atoms with Crippen LogP contribution in [0.4, 0.5) is 4.79 Å². The lowest BCUT2D eigenvalue weighted by molar-refractivity contribution is -0.115. The molecule has 0 spiro atoms. The SMILES string of the molecule is CC(C)(C)c1cc(/C=C2\SC(=O)NC2=O)cc(C2CCCCC2)c1. The Hall–Kier alpha value is -1.55. The number of nitrogens with one attached hydrogen (secondary N) is 1. The summed E-state index contributed by atoms with van der Waals surface area (Å²) in [6.07, 6.45) is 8.29. The molecular weight excluding hydrogens is 318 g/mol. The molecule has 0 unspecified atom stereocenters. The van der Waals surface area contributed by atoms with Crippen LogP contribution in [-0.2, 0) is 10.2 Å². The molecule has 0 aromatic heterocycles. The average molecular weight is 343 g/mol. The molecule has 3 rings (SSSR count). The summed E-state index contributed by atoms with van der Waals surface area (Å²) in [5.74, 6) is 0.329. The van der Waals surface area contributed by atoms with Crippen molar-refractivity contribution in [1.29, 1.82) is 0 Å². The number of hydrogen-bond donors (Lipinski definition) is 1. The molecule has 1 aromatic rings. The van der Waals surface area contributed by atoms with Gasteiger partial charge in [-0.2, -0.15) is 0 Å². The van der Waals surface area contributed by atoms with Gasteiger partial charge in [0.2, 0.25) is 0 Å². The smallest absolute Gasteiger partial charge is 0.282 e. The van der Waals surface area contributed by atoms with Gasteiger partial charge in [-0.3, -0.25) is 14.9 Å². The molecule has 1 heterocycles. The first-order valence-electron chi connectivity index (χ1n) is 8.73. The van der Waals surface area contributed by atoms with Gasteiger partial charge in [0.25, 0.3) is 11.1 Å². The van der Waals surface area contributed by atoms with Crippen LogP contribution < -0.4 is 5.32 Å². The first-order chi connectivity index (χ1) is 11.3. The molecule has 1 saturated heterocycles. The largest absolute Gasteiger partial charge is 0.290 e. The van der Waals surface area contributed by atoms with Crippen LogP contribution in [0.5, 0.6) is 0 Å². The second-order valence-electron chi connectivity index (χ2n) is 7.83. The van der Waals surface area contributed by atoms with Gasteiger partial charge >= 0.3 is 0 Å². The molecule has 1 aliphatic heterocycles. The molecule has 1 aromatic carbocycles. The molecule has 2 amide bonds. The third kappa shape index (κ3) is 3.92. The zero-order valence-electron chi connectivity index (χ0n) is 14.6. The molecule has 1 aliphatic carbocycles. The Labute approximate surface area is 148 Å². The zero-order chi connectivity index (χ0) is 17.3. The van der Waals surface area contributed by atoms with E-state index in [2.05, 4.69) is 44.3 Å². The molecule has 2 aliphatic rings. The normalized spacial score (nSPS) is 21.4. The standard InChI is InChI=1S/C20H25NO2S/c1-20(2,3)16-10-13(11-17-18(22)21-19(23)24-17)9-15(12-16)14-7-5-4-6-8-14/h9-12,14H,4-8H2,1-3H3,(H,21,22,23)/b17-11-. The molecule has 0 atom stereocenters. The second-order valence-corrected chi connectivity index (χ2v) is 8.84. The molecule has 3 nitrogen and oxygen atoms in total. The van der Waals surface area contributed by atoms with Gasteiger partial charge in [-0.15, -0.1) is 0 Å². The lowest BCUT2D eigenvalue weighted by Gasteiger charge is -2.26. The van der Waals surface area contributed by atoms with E-state index in [9.17, 15) is 9.59 Å². The number of amides is 2. The molecule has 0 bridgehead atoms. The van der Waals surface area contributed by atoms with Crippen LogP contribution in [0.1, 0.15) is 75.5 Å². The Kier molecular flexibility index (Phi) is 4.86. The summed E-state index contributed by atoms with van der Waals surface area (Å²) in [4.78, 5) is 23.7. The lowest BCUT2D eigenvalue weighted by Crippen LogP contribution is -2.17. The maximum atomic E-state index is 11.8. The van der Waals surface area contributed by atoms with Crippen LogP contribution in [0.15, 0.2) is 23.1 Å². The van der Waals surface area contributed by atoms with E-state index in [1.54, 1.807) is 0 Å². The Balaban J connectivity index is 2.00. The molecule has 4 heteroatoms. The van der Waals surface area contributed by atoms with Crippen molar-refractivity contribution in [3.05, 3.63) is 39.8 Å². The molecule has 128 valence electrons.